The van der Waals surface area contributed by atoms with Crippen LogP contribution in [0.3, 0.4) is 0 Å². The molecule has 0 amide bonds. The zero-order valence-corrected chi connectivity index (χ0v) is 38.0. The number of carbonyl (C=O) groups is 1. The van der Waals surface area contributed by atoms with Crippen LogP contribution < -0.4 is 19.7 Å². The van der Waals surface area contributed by atoms with Crippen molar-refractivity contribution in [2.45, 2.75) is 121 Å². The van der Waals surface area contributed by atoms with Crippen LogP contribution in [0.2, 0.25) is 16.6 Å². The van der Waals surface area contributed by atoms with Gasteiger partial charge in [0.05, 0.1) is 23.1 Å². The second kappa shape index (κ2) is 17.9. The first kappa shape index (κ1) is 44.1. The lowest BCUT2D eigenvalue weighted by Crippen LogP contribution is -2.51. The Kier molecular flexibility index (Phi) is 12.8. The molecule has 6 heterocycles. The summed E-state index contributed by atoms with van der Waals surface area (Å²) in [6, 6.07) is 6.84. The SMILES string of the molecule is CCOC(=O)COCOc1cc(-c2ncc3c(N4C[C@H]5CC[C@@H](C4)N5)nc(OC[C@@]45CCCN4C[C@H](F)C5)nc3c2F)c2c(C#C[Si](C(C)C)(C(C)C)C(C)C)c(F)ccc2c1. The number of nitrogens with one attached hydrogen (secondary N) is 1. The summed E-state index contributed by atoms with van der Waals surface area (Å²) in [5.41, 5.74) is 4.40. The van der Waals surface area contributed by atoms with Gasteiger partial charge in [0, 0.05) is 55.3 Å². The Balaban J connectivity index is 1.28. The first-order valence-electron chi connectivity index (χ1n) is 22.3. The van der Waals surface area contributed by atoms with Crippen molar-refractivity contribution in [1.29, 1.82) is 0 Å². The van der Waals surface area contributed by atoms with E-state index in [1.54, 1.807) is 31.3 Å². The highest BCUT2D eigenvalue weighted by Gasteiger charge is 2.49. The molecule has 2 bridgehead atoms. The number of halogens is 3. The summed E-state index contributed by atoms with van der Waals surface area (Å²) in [5, 5.41) is 5.01. The number of esters is 1. The highest BCUT2D eigenvalue weighted by atomic mass is 28.3. The van der Waals surface area contributed by atoms with E-state index in [2.05, 4.69) is 68.1 Å². The van der Waals surface area contributed by atoms with E-state index in [0.29, 0.717) is 64.7 Å². The van der Waals surface area contributed by atoms with Gasteiger partial charge in [-0.2, -0.15) is 9.97 Å². The van der Waals surface area contributed by atoms with Gasteiger partial charge in [0.15, 0.2) is 12.6 Å². The van der Waals surface area contributed by atoms with Crippen molar-refractivity contribution < 1.29 is 36.9 Å². The summed E-state index contributed by atoms with van der Waals surface area (Å²) < 4.78 is 71.7. The molecule has 4 aliphatic rings. The van der Waals surface area contributed by atoms with Crippen LogP contribution in [-0.4, -0.2) is 110 Å². The van der Waals surface area contributed by atoms with E-state index in [1.165, 1.54) is 6.07 Å². The number of nitrogens with zero attached hydrogens (tertiary/aromatic N) is 5. The van der Waals surface area contributed by atoms with Crippen LogP contribution >= 0.6 is 0 Å². The van der Waals surface area contributed by atoms with Crippen LogP contribution in [0.15, 0.2) is 30.5 Å². The van der Waals surface area contributed by atoms with Gasteiger partial charge in [-0.3, -0.25) is 9.88 Å². The minimum Gasteiger partial charge on any atom is -0.467 e. The highest BCUT2D eigenvalue weighted by Crippen LogP contribution is 2.44. The number of alkyl halides is 1. The number of fused-ring (bicyclic) bond motifs is 5. The number of carbonyl (C=O) groups excluding carboxylic acids is 1. The maximum Gasteiger partial charge on any atom is 0.332 e. The molecule has 0 saturated carbocycles. The van der Waals surface area contributed by atoms with Crippen LogP contribution in [0.5, 0.6) is 11.8 Å². The summed E-state index contributed by atoms with van der Waals surface area (Å²) in [5.74, 6) is 2.32. The van der Waals surface area contributed by atoms with E-state index in [1.807, 2.05) is 0 Å². The molecule has 4 atom stereocenters. The zero-order valence-electron chi connectivity index (χ0n) is 37.0. The van der Waals surface area contributed by atoms with E-state index in [9.17, 15) is 9.18 Å². The Bertz CT molecular complexity index is 2360. The standard InChI is InChI=1S/C47H59F3N6O5Si/c1-8-59-40(57)25-58-27-61-35-18-31-10-13-39(49)36(14-17-62(28(2)3,29(4)5)30(6)7)41(31)37(19-35)43-42(50)44-38(21-51-43)45(55-23-33-11-12-34(24-55)52-33)54-46(53-44)60-26-47-15-9-16-56(47)22-32(48)20-47/h10,13,18-19,21,28-30,32-34,52H,8-9,11-12,15-16,20,22-27H2,1-7H3/t32-,33-,34+,47+/m1/s1. The first-order valence-corrected chi connectivity index (χ1v) is 24.5. The molecule has 4 saturated heterocycles. The predicted octanol–water partition coefficient (Wildman–Crippen LogP) is 8.50. The van der Waals surface area contributed by atoms with Gasteiger partial charge in [0.1, 0.15) is 56.1 Å². The number of hydrogen-bond acceptors (Lipinski definition) is 11. The van der Waals surface area contributed by atoms with Gasteiger partial charge < -0.3 is 29.2 Å². The van der Waals surface area contributed by atoms with Gasteiger partial charge in [-0.05, 0) is 79.4 Å². The molecule has 4 aromatic rings. The molecule has 0 unspecified atom stereocenters. The van der Waals surface area contributed by atoms with E-state index in [0.717, 1.165) is 32.2 Å². The normalized spacial score (nSPS) is 22.5. The maximum atomic E-state index is 17.8. The average molecular weight is 873 g/mol. The molecule has 0 aliphatic carbocycles. The summed E-state index contributed by atoms with van der Waals surface area (Å²) >= 11 is 0. The summed E-state index contributed by atoms with van der Waals surface area (Å²) in [6.07, 6.45) is 4.82. The molecule has 4 fully saturated rings. The zero-order chi connectivity index (χ0) is 43.9. The maximum absolute atomic E-state index is 17.8. The van der Waals surface area contributed by atoms with Crippen molar-refractivity contribution in [3.63, 3.8) is 0 Å². The minimum absolute atomic E-state index is 0.00331. The second-order valence-corrected chi connectivity index (χ2v) is 24.1. The molecule has 332 valence electrons. The number of pyridine rings is 1. The summed E-state index contributed by atoms with van der Waals surface area (Å²) in [4.78, 5) is 30.7. The Morgan fingerprint density at radius 1 is 1.02 bits per heavy atom. The number of ether oxygens (including phenoxy) is 4. The fourth-order valence-electron chi connectivity index (χ4n) is 11.0. The van der Waals surface area contributed by atoms with E-state index >= 15 is 8.78 Å². The molecule has 4 aliphatic heterocycles. The van der Waals surface area contributed by atoms with Crippen molar-refractivity contribution in [2.75, 3.05) is 57.7 Å². The molecule has 0 spiro atoms. The molecule has 15 heteroatoms. The Hall–Kier alpha value is -4.49. The molecule has 0 radical (unpaired) electrons. The van der Waals surface area contributed by atoms with Crippen molar-refractivity contribution in [3.05, 3.63) is 47.7 Å². The predicted molar refractivity (Wildman–Crippen MR) is 237 cm³/mol. The fraction of sp³-hybridized carbons (Fsp3) is 0.574. The van der Waals surface area contributed by atoms with E-state index < -0.39 is 37.4 Å². The molecular formula is C47H59F3N6O5Si. The molecule has 1 N–H and O–H groups in total. The molecule has 2 aromatic heterocycles. The number of piperazine rings is 1. The lowest BCUT2D eigenvalue weighted by atomic mass is 9.95. The topological polar surface area (TPSA) is 111 Å². The summed E-state index contributed by atoms with van der Waals surface area (Å²) in [7, 11) is -2.34. The van der Waals surface area contributed by atoms with Gasteiger partial charge in [-0.25, -0.2) is 18.0 Å². The van der Waals surface area contributed by atoms with Crippen molar-refractivity contribution >= 4 is 41.5 Å². The van der Waals surface area contributed by atoms with Crippen LogP contribution in [0.1, 0.15) is 86.1 Å². The van der Waals surface area contributed by atoms with Gasteiger partial charge in [-0.1, -0.05) is 53.5 Å². The van der Waals surface area contributed by atoms with Crippen molar-refractivity contribution in [3.8, 4) is 34.5 Å². The van der Waals surface area contributed by atoms with Crippen LogP contribution in [0.25, 0.3) is 32.9 Å². The minimum atomic E-state index is -2.34. The molecular weight excluding hydrogens is 814 g/mol. The number of hydrogen-bond donors (Lipinski definition) is 1. The largest absolute Gasteiger partial charge is 0.467 e. The monoisotopic (exact) mass is 872 g/mol. The van der Waals surface area contributed by atoms with Crippen LogP contribution in [-0.2, 0) is 14.3 Å². The number of rotatable bonds is 14. The van der Waals surface area contributed by atoms with Gasteiger partial charge >= 0.3 is 12.0 Å². The average Bonchev–Trinajstić information content (AvgIpc) is 3.88. The van der Waals surface area contributed by atoms with E-state index in [4.69, 9.17) is 33.9 Å². The number of aromatic nitrogens is 3. The van der Waals surface area contributed by atoms with Gasteiger partial charge in [-0.15, -0.1) is 5.54 Å². The first-order chi connectivity index (χ1) is 29.7. The number of anilines is 1. The Labute approximate surface area is 363 Å². The lowest BCUT2D eigenvalue weighted by Gasteiger charge is -2.38. The molecule has 62 heavy (non-hydrogen) atoms. The van der Waals surface area contributed by atoms with Crippen LogP contribution in [0, 0.1) is 23.1 Å². The smallest absolute Gasteiger partial charge is 0.332 e. The van der Waals surface area contributed by atoms with Crippen LogP contribution in [0.4, 0.5) is 19.0 Å². The number of benzene rings is 2. The molecule has 8 rings (SSSR count). The third-order valence-electron chi connectivity index (χ3n) is 13.8. The van der Waals surface area contributed by atoms with Crippen molar-refractivity contribution in [1.82, 2.24) is 25.2 Å². The summed E-state index contributed by atoms with van der Waals surface area (Å²) in [6.45, 7) is 17.2. The van der Waals surface area contributed by atoms with Gasteiger partial charge in [0.25, 0.3) is 0 Å². The fourth-order valence-corrected chi connectivity index (χ4v) is 16.2. The highest BCUT2D eigenvalue weighted by molar-refractivity contribution is 6.90. The molecule has 2 aromatic carbocycles. The lowest BCUT2D eigenvalue weighted by molar-refractivity contribution is -0.151. The quantitative estimate of drug-likeness (QED) is 0.0433. The third kappa shape index (κ3) is 8.35. The van der Waals surface area contributed by atoms with Gasteiger partial charge in [0.2, 0.25) is 0 Å². The Morgan fingerprint density at radius 3 is 2.47 bits per heavy atom. The van der Waals surface area contributed by atoms with Crippen molar-refractivity contribution in [2.24, 2.45) is 0 Å². The molecule has 11 nitrogen and oxygen atoms in total. The third-order valence-corrected chi connectivity index (χ3v) is 20.1. The Morgan fingerprint density at radius 2 is 1.76 bits per heavy atom. The second-order valence-electron chi connectivity index (χ2n) is 18.5. The van der Waals surface area contributed by atoms with E-state index in [-0.39, 0.29) is 72.8 Å².